The SMILES string of the molecule is COc1ccc(NC(=O)[C@@H]2CC(=O)Nc3c(C)c(-c4ccc(F)cc4)nn32)cc1Cl. The van der Waals surface area contributed by atoms with Gasteiger partial charge >= 0.3 is 0 Å². The molecule has 30 heavy (non-hydrogen) atoms. The van der Waals surface area contributed by atoms with Gasteiger partial charge in [-0.25, -0.2) is 9.07 Å². The maximum atomic E-state index is 13.3. The van der Waals surface area contributed by atoms with Gasteiger partial charge in [0.05, 0.1) is 24.2 Å². The minimum Gasteiger partial charge on any atom is -0.495 e. The number of fused-ring (bicyclic) bond motifs is 1. The number of amides is 2. The molecular formula is C21H18ClFN4O3. The quantitative estimate of drug-likeness (QED) is 0.652. The second-order valence-corrected chi connectivity index (χ2v) is 7.29. The van der Waals surface area contributed by atoms with E-state index >= 15 is 0 Å². The smallest absolute Gasteiger partial charge is 0.249 e. The zero-order valence-electron chi connectivity index (χ0n) is 16.2. The maximum Gasteiger partial charge on any atom is 0.249 e. The van der Waals surface area contributed by atoms with Gasteiger partial charge < -0.3 is 15.4 Å². The second-order valence-electron chi connectivity index (χ2n) is 6.88. The molecule has 154 valence electrons. The van der Waals surface area contributed by atoms with Crippen molar-refractivity contribution in [2.45, 2.75) is 19.4 Å². The first-order chi connectivity index (χ1) is 14.4. The Balaban J connectivity index is 1.66. The number of ether oxygens (including phenoxy) is 1. The molecule has 0 saturated carbocycles. The number of carbonyl (C=O) groups is 2. The lowest BCUT2D eigenvalue weighted by Gasteiger charge is -2.24. The van der Waals surface area contributed by atoms with E-state index in [-0.39, 0.29) is 18.1 Å². The molecule has 1 atom stereocenters. The van der Waals surface area contributed by atoms with E-state index in [0.29, 0.717) is 39.1 Å². The van der Waals surface area contributed by atoms with Gasteiger partial charge in [-0.2, -0.15) is 5.10 Å². The van der Waals surface area contributed by atoms with Crippen molar-refractivity contribution in [1.29, 1.82) is 0 Å². The van der Waals surface area contributed by atoms with E-state index in [0.717, 1.165) is 0 Å². The van der Waals surface area contributed by atoms with Crippen LogP contribution in [-0.2, 0) is 9.59 Å². The van der Waals surface area contributed by atoms with Gasteiger partial charge in [0.25, 0.3) is 0 Å². The van der Waals surface area contributed by atoms with Crippen molar-refractivity contribution >= 4 is 34.9 Å². The normalized spacial score (nSPS) is 15.3. The molecule has 3 aromatic rings. The van der Waals surface area contributed by atoms with Crippen LogP contribution in [0.2, 0.25) is 5.02 Å². The predicted octanol–water partition coefficient (Wildman–Crippen LogP) is 4.18. The molecular weight excluding hydrogens is 411 g/mol. The monoisotopic (exact) mass is 428 g/mol. The van der Waals surface area contributed by atoms with Crippen LogP contribution in [0.3, 0.4) is 0 Å². The lowest BCUT2D eigenvalue weighted by Crippen LogP contribution is -2.35. The van der Waals surface area contributed by atoms with Crippen molar-refractivity contribution in [1.82, 2.24) is 9.78 Å². The van der Waals surface area contributed by atoms with Crippen molar-refractivity contribution in [3.63, 3.8) is 0 Å². The van der Waals surface area contributed by atoms with Gasteiger partial charge in [0.15, 0.2) is 0 Å². The van der Waals surface area contributed by atoms with E-state index in [2.05, 4.69) is 15.7 Å². The highest BCUT2D eigenvalue weighted by Crippen LogP contribution is 2.35. The zero-order chi connectivity index (χ0) is 21.4. The number of carbonyl (C=O) groups excluding carboxylic acids is 2. The van der Waals surface area contributed by atoms with E-state index in [9.17, 15) is 14.0 Å². The second kappa shape index (κ2) is 7.79. The Bertz CT molecular complexity index is 1140. The summed E-state index contributed by atoms with van der Waals surface area (Å²) in [6.07, 6.45) is -0.0628. The van der Waals surface area contributed by atoms with Gasteiger partial charge in [0.1, 0.15) is 23.4 Å². The van der Waals surface area contributed by atoms with Gasteiger partial charge in [-0.15, -0.1) is 0 Å². The van der Waals surface area contributed by atoms with Crippen molar-refractivity contribution in [2.75, 3.05) is 17.7 Å². The molecule has 7 nitrogen and oxygen atoms in total. The molecule has 2 amide bonds. The number of methoxy groups -OCH3 is 1. The number of nitrogens with zero attached hydrogens (tertiary/aromatic N) is 2. The Kier molecular flexibility index (Phi) is 5.17. The minimum absolute atomic E-state index is 0.0628. The summed E-state index contributed by atoms with van der Waals surface area (Å²) in [6, 6.07) is 9.90. The molecule has 0 bridgehead atoms. The van der Waals surface area contributed by atoms with E-state index in [1.807, 2.05) is 0 Å². The van der Waals surface area contributed by atoms with Crippen LogP contribution in [0.15, 0.2) is 42.5 Å². The highest BCUT2D eigenvalue weighted by Gasteiger charge is 2.34. The molecule has 1 aliphatic heterocycles. The molecule has 2 aromatic carbocycles. The lowest BCUT2D eigenvalue weighted by molar-refractivity contribution is -0.125. The molecule has 1 aromatic heterocycles. The first-order valence-corrected chi connectivity index (χ1v) is 9.54. The van der Waals surface area contributed by atoms with Crippen LogP contribution in [0.4, 0.5) is 15.9 Å². The van der Waals surface area contributed by atoms with E-state index in [4.69, 9.17) is 16.3 Å². The summed E-state index contributed by atoms with van der Waals surface area (Å²) in [4.78, 5) is 25.2. The van der Waals surface area contributed by atoms with Crippen molar-refractivity contribution < 1.29 is 18.7 Å². The Morgan fingerprint density at radius 2 is 2.03 bits per heavy atom. The van der Waals surface area contributed by atoms with Gasteiger partial charge in [-0.05, 0) is 49.4 Å². The molecule has 4 rings (SSSR count). The molecule has 0 aliphatic carbocycles. The van der Waals surface area contributed by atoms with Gasteiger partial charge in [-0.1, -0.05) is 11.6 Å². The highest BCUT2D eigenvalue weighted by molar-refractivity contribution is 6.32. The molecule has 0 radical (unpaired) electrons. The number of aromatic nitrogens is 2. The largest absolute Gasteiger partial charge is 0.495 e. The highest BCUT2D eigenvalue weighted by atomic mass is 35.5. The molecule has 0 fully saturated rings. The standard InChI is InChI=1S/C21H18ClFN4O3/c1-11-19(12-3-5-13(23)6-4-12)26-27-16(10-18(28)25-20(11)27)21(29)24-14-7-8-17(30-2)15(22)9-14/h3-9,16H,10H2,1-2H3,(H,24,29)(H,25,28)/t16-/m0/s1. The first-order valence-electron chi connectivity index (χ1n) is 9.16. The number of benzene rings is 2. The minimum atomic E-state index is -0.845. The van der Waals surface area contributed by atoms with Crippen LogP contribution in [0.5, 0.6) is 5.75 Å². The number of anilines is 2. The van der Waals surface area contributed by atoms with Crippen LogP contribution >= 0.6 is 11.6 Å². The van der Waals surface area contributed by atoms with Gasteiger partial charge in [0.2, 0.25) is 11.8 Å². The molecule has 2 N–H and O–H groups in total. The Hall–Kier alpha value is -3.39. The van der Waals surface area contributed by atoms with Crippen LogP contribution in [-0.4, -0.2) is 28.7 Å². The third-order valence-electron chi connectivity index (χ3n) is 4.92. The number of hydrogen-bond donors (Lipinski definition) is 2. The molecule has 1 aliphatic rings. The average molecular weight is 429 g/mol. The third kappa shape index (κ3) is 3.61. The van der Waals surface area contributed by atoms with Crippen molar-refractivity contribution in [3.05, 3.63) is 58.9 Å². The Labute approximate surface area is 176 Å². The first kappa shape index (κ1) is 19.9. The topological polar surface area (TPSA) is 85.2 Å². The fourth-order valence-electron chi connectivity index (χ4n) is 3.39. The van der Waals surface area contributed by atoms with Crippen LogP contribution in [0.25, 0.3) is 11.3 Å². The zero-order valence-corrected chi connectivity index (χ0v) is 17.0. The number of hydrogen-bond acceptors (Lipinski definition) is 4. The average Bonchev–Trinajstić information content (AvgIpc) is 3.04. The van der Waals surface area contributed by atoms with E-state index in [1.54, 1.807) is 37.3 Å². The summed E-state index contributed by atoms with van der Waals surface area (Å²) >= 11 is 6.12. The molecule has 0 spiro atoms. The number of nitrogens with one attached hydrogen (secondary N) is 2. The summed E-state index contributed by atoms with van der Waals surface area (Å²) in [5, 5.41) is 10.4. The predicted molar refractivity (Wildman–Crippen MR) is 111 cm³/mol. The van der Waals surface area contributed by atoms with E-state index in [1.165, 1.54) is 23.9 Å². The summed E-state index contributed by atoms with van der Waals surface area (Å²) in [5.74, 6) is -0.118. The summed E-state index contributed by atoms with van der Waals surface area (Å²) in [5.41, 5.74) is 2.42. The molecule has 2 heterocycles. The lowest BCUT2D eigenvalue weighted by atomic mass is 10.1. The fourth-order valence-corrected chi connectivity index (χ4v) is 3.65. The number of halogens is 2. The Morgan fingerprint density at radius 3 is 2.70 bits per heavy atom. The summed E-state index contributed by atoms with van der Waals surface area (Å²) < 4.78 is 19.9. The maximum absolute atomic E-state index is 13.3. The molecule has 9 heteroatoms. The third-order valence-corrected chi connectivity index (χ3v) is 5.21. The summed E-state index contributed by atoms with van der Waals surface area (Å²) in [7, 11) is 1.50. The van der Waals surface area contributed by atoms with Crippen molar-refractivity contribution in [2.24, 2.45) is 0 Å². The molecule has 0 unspecified atom stereocenters. The summed E-state index contributed by atoms with van der Waals surface area (Å²) in [6.45, 7) is 1.79. The number of rotatable bonds is 4. The van der Waals surface area contributed by atoms with E-state index < -0.39 is 11.9 Å². The van der Waals surface area contributed by atoms with Gasteiger partial charge in [-0.3, -0.25) is 9.59 Å². The van der Waals surface area contributed by atoms with Crippen LogP contribution < -0.4 is 15.4 Å². The van der Waals surface area contributed by atoms with Crippen LogP contribution in [0, 0.1) is 12.7 Å². The van der Waals surface area contributed by atoms with Crippen molar-refractivity contribution in [3.8, 4) is 17.0 Å². The fraction of sp³-hybridized carbons (Fsp3) is 0.190. The van der Waals surface area contributed by atoms with Crippen LogP contribution in [0.1, 0.15) is 18.0 Å². The van der Waals surface area contributed by atoms with Gasteiger partial charge in [0, 0.05) is 16.8 Å². The molecule has 0 saturated heterocycles. The Morgan fingerprint density at radius 1 is 1.30 bits per heavy atom.